The predicted molar refractivity (Wildman–Crippen MR) is 75.6 cm³/mol. The summed E-state index contributed by atoms with van der Waals surface area (Å²) in [6.07, 6.45) is 6.53. The number of hydrogen-bond donors (Lipinski definition) is 0. The summed E-state index contributed by atoms with van der Waals surface area (Å²) in [6, 6.07) is 1.59. The molecule has 2 aliphatic rings. The van der Waals surface area contributed by atoms with E-state index in [1.54, 1.807) is 13.0 Å². The van der Waals surface area contributed by atoms with Crippen molar-refractivity contribution in [3.8, 4) is 0 Å². The number of aromatic nitrogens is 1. The van der Waals surface area contributed by atoms with Crippen LogP contribution in [0.3, 0.4) is 0 Å². The van der Waals surface area contributed by atoms with Crippen LogP contribution >= 0.6 is 0 Å². The van der Waals surface area contributed by atoms with Crippen LogP contribution in [0.1, 0.15) is 49.6 Å². The highest BCUT2D eigenvalue weighted by Gasteiger charge is 2.44. The third kappa shape index (κ3) is 2.54. The summed E-state index contributed by atoms with van der Waals surface area (Å²) < 4.78 is 4.98. The molecule has 2 aliphatic heterocycles. The van der Waals surface area contributed by atoms with Gasteiger partial charge in [0.25, 0.3) is 5.91 Å². The average Bonchev–Trinajstić information content (AvgIpc) is 3.01. The van der Waals surface area contributed by atoms with E-state index in [0.29, 0.717) is 13.1 Å². The molecule has 2 amide bonds. The topological polar surface area (TPSA) is 66.7 Å². The summed E-state index contributed by atoms with van der Waals surface area (Å²) in [5, 5.41) is 3.60. The highest BCUT2D eigenvalue weighted by molar-refractivity contribution is 5.91. The van der Waals surface area contributed by atoms with Gasteiger partial charge in [-0.25, -0.2) is 0 Å². The Kier molecular flexibility index (Phi) is 3.69. The van der Waals surface area contributed by atoms with E-state index in [2.05, 4.69) is 5.16 Å². The van der Waals surface area contributed by atoms with Crippen molar-refractivity contribution < 1.29 is 14.1 Å². The first-order valence-electron chi connectivity index (χ1n) is 7.61. The number of likely N-dealkylation sites (tertiary alicyclic amines) is 2. The first-order valence-corrected chi connectivity index (χ1v) is 7.61. The van der Waals surface area contributed by atoms with E-state index in [4.69, 9.17) is 4.52 Å². The van der Waals surface area contributed by atoms with Gasteiger partial charge in [0.05, 0.1) is 11.7 Å². The SMILES string of the molecule is CC(=O)N1CCCC[C@]12CCCN(C(=O)c1ccno1)C2. The van der Waals surface area contributed by atoms with Gasteiger partial charge in [0.2, 0.25) is 11.7 Å². The molecular formula is C15H21N3O3. The maximum atomic E-state index is 12.5. The standard InChI is InChI=1S/C15H21N3O3/c1-12(19)18-10-3-2-6-15(18)7-4-9-17(11-15)14(20)13-5-8-16-21-13/h5,8H,2-4,6-7,9-11H2,1H3/t15-/m1/s1. The maximum Gasteiger partial charge on any atom is 0.292 e. The van der Waals surface area contributed by atoms with E-state index >= 15 is 0 Å². The monoisotopic (exact) mass is 291 g/mol. The van der Waals surface area contributed by atoms with Gasteiger partial charge in [0.1, 0.15) is 0 Å². The van der Waals surface area contributed by atoms with Gasteiger partial charge in [0, 0.05) is 32.6 Å². The normalized spacial score (nSPS) is 26.1. The fourth-order valence-corrected chi connectivity index (χ4v) is 3.78. The predicted octanol–water partition coefficient (Wildman–Crippen LogP) is 1.68. The van der Waals surface area contributed by atoms with Crippen molar-refractivity contribution >= 4 is 11.8 Å². The lowest BCUT2D eigenvalue weighted by Gasteiger charge is -2.51. The molecule has 2 saturated heterocycles. The van der Waals surface area contributed by atoms with Crippen molar-refractivity contribution in [3.63, 3.8) is 0 Å². The highest BCUT2D eigenvalue weighted by Crippen LogP contribution is 2.36. The van der Waals surface area contributed by atoms with E-state index in [9.17, 15) is 9.59 Å². The quantitative estimate of drug-likeness (QED) is 0.789. The number of rotatable bonds is 1. The van der Waals surface area contributed by atoms with Gasteiger partial charge >= 0.3 is 0 Å². The van der Waals surface area contributed by atoms with Crippen molar-refractivity contribution in [2.75, 3.05) is 19.6 Å². The Morgan fingerprint density at radius 3 is 2.76 bits per heavy atom. The molecule has 0 unspecified atom stereocenters. The molecule has 21 heavy (non-hydrogen) atoms. The second-order valence-electron chi connectivity index (χ2n) is 6.06. The molecule has 0 aliphatic carbocycles. The van der Waals surface area contributed by atoms with Crippen molar-refractivity contribution in [2.45, 2.75) is 44.6 Å². The van der Waals surface area contributed by atoms with Gasteiger partial charge in [-0.2, -0.15) is 0 Å². The van der Waals surface area contributed by atoms with Gasteiger partial charge in [-0.1, -0.05) is 5.16 Å². The number of piperidine rings is 2. The van der Waals surface area contributed by atoms with Gasteiger partial charge < -0.3 is 14.3 Å². The van der Waals surface area contributed by atoms with Crippen LogP contribution in [0, 0.1) is 0 Å². The Labute approximate surface area is 124 Å². The lowest BCUT2D eigenvalue weighted by molar-refractivity contribution is -0.140. The summed E-state index contributed by atoms with van der Waals surface area (Å²) in [6.45, 7) is 3.75. The summed E-state index contributed by atoms with van der Waals surface area (Å²) in [7, 11) is 0. The van der Waals surface area contributed by atoms with Crippen LogP contribution in [0.5, 0.6) is 0 Å². The zero-order valence-electron chi connectivity index (χ0n) is 12.4. The van der Waals surface area contributed by atoms with Crippen LogP contribution < -0.4 is 0 Å². The molecule has 1 aromatic rings. The number of hydrogen-bond acceptors (Lipinski definition) is 4. The van der Waals surface area contributed by atoms with Crippen LogP contribution in [0.2, 0.25) is 0 Å². The molecule has 3 heterocycles. The number of carbonyl (C=O) groups excluding carboxylic acids is 2. The molecule has 2 fully saturated rings. The van der Waals surface area contributed by atoms with Crippen molar-refractivity contribution in [3.05, 3.63) is 18.0 Å². The Bertz CT molecular complexity index is 524. The average molecular weight is 291 g/mol. The molecule has 0 bridgehead atoms. The van der Waals surface area contributed by atoms with Crippen LogP contribution in [-0.2, 0) is 4.79 Å². The highest BCUT2D eigenvalue weighted by atomic mass is 16.5. The van der Waals surface area contributed by atoms with Gasteiger partial charge in [0.15, 0.2) is 0 Å². The lowest BCUT2D eigenvalue weighted by Crippen LogP contribution is -2.62. The second-order valence-corrected chi connectivity index (χ2v) is 6.06. The summed E-state index contributed by atoms with van der Waals surface area (Å²) in [4.78, 5) is 28.2. The third-order valence-electron chi connectivity index (χ3n) is 4.72. The first-order chi connectivity index (χ1) is 10.1. The molecule has 0 saturated carbocycles. The Morgan fingerprint density at radius 1 is 1.24 bits per heavy atom. The zero-order chi connectivity index (χ0) is 14.9. The zero-order valence-corrected chi connectivity index (χ0v) is 12.4. The van der Waals surface area contributed by atoms with E-state index in [-0.39, 0.29) is 23.1 Å². The maximum absolute atomic E-state index is 12.5. The fraction of sp³-hybridized carbons (Fsp3) is 0.667. The van der Waals surface area contributed by atoms with Crippen LogP contribution in [0.15, 0.2) is 16.8 Å². The first kappa shape index (κ1) is 14.1. The fourth-order valence-electron chi connectivity index (χ4n) is 3.78. The van der Waals surface area contributed by atoms with Gasteiger partial charge in [-0.05, 0) is 32.1 Å². The minimum absolute atomic E-state index is 0.115. The van der Waals surface area contributed by atoms with Crippen LogP contribution in [0.4, 0.5) is 0 Å². The Morgan fingerprint density at radius 2 is 2.05 bits per heavy atom. The van der Waals surface area contributed by atoms with Crippen LogP contribution in [0.25, 0.3) is 0 Å². The molecular weight excluding hydrogens is 270 g/mol. The van der Waals surface area contributed by atoms with Crippen LogP contribution in [-0.4, -0.2) is 51.9 Å². The minimum atomic E-state index is -0.183. The van der Waals surface area contributed by atoms with E-state index < -0.39 is 0 Å². The van der Waals surface area contributed by atoms with Gasteiger partial charge in [-0.15, -0.1) is 0 Å². The molecule has 6 heteroatoms. The largest absolute Gasteiger partial charge is 0.351 e. The van der Waals surface area contributed by atoms with E-state index in [0.717, 1.165) is 38.6 Å². The molecule has 114 valence electrons. The Balaban J connectivity index is 1.81. The molecule has 0 N–H and O–H groups in total. The number of carbonyl (C=O) groups is 2. The molecule has 0 aromatic carbocycles. The Hall–Kier alpha value is -1.85. The van der Waals surface area contributed by atoms with Crippen molar-refractivity contribution in [2.24, 2.45) is 0 Å². The number of amides is 2. The smallest absolute Gasteiger partial charge is 0.292 e. The van der Waals surface area contributed by atoms with Crippen molar-refractivity contribution in [1.29, 1.82) is 0 Å². The van der Waals surface area contributed by atoms with Crippen molar-refractivity contribution in [1.82, 2.24) is 15.0 Å². The van der Waals surface area contributed by atoms with E-state index in [1.807, 2.05) is 9.80 Å². The molecule has 6 nitrogen and oxygen atoms in total. The molecule has 1 aromatic heterocycles. The summed E-state index contributed by atoms with van der Waals surface area (Å²) in [5.41, 5.74) is -0.183. The van der Waals surface area contributed by atoms with E-state index in [1.165, 1.54) is 6.20 Å². The third-order valence-corrected chi connectivity index (χ3v) is 4.72. The minimum Gasteiger partial charge on any atom is -0.351 e. The number of nitrogens with zero attached hydrogens (tertiary/aromatic N) is 3. The summed E-state index contributed by atoms with van der Waals surface area (Å²) in [5.74, 6) is 0.265. The molecule has 0 radical (unpaired) electrons. The lowest BCUT2D eigenvalue weighted by atomic mass is 9.79. The van der Waals surface area contributed by atoms with Gasteiger partial charge in [-0.3, -0.25) is 9.59 Å². The molecule has 1 spiro atoms. The molecule has 1 atom stereocenters. The molecule has 3 rings (SSSR count). The second kappa shape index (κ2) is 5.50. The summed E-state index contributed by atoms with van der Waals surface area (Å²) >= 11 is 0.